The van der Waals surface area contributed by atoms with Crippen molar-refractivity contribution >= 4 is 35.0 Å². The van der Waals surface area contributed by atoms with Gasteiger partial charge in [-0.3, -0.25) is 24.1 Å². The number of nitrogens with zero attached hydrogens (tertiary/aromatic N) is 4. The average Bonchev–Trinajstić information content (AvgIpc) is 3.03. The fraction of sp³-hybridized carbons (Fsp3) is 0.286. The maximum Gasteiger partial charge on any atom is 0.254 e. The van der Waals surface area contributed by atoms with Crippen LogP contribution < -0.4 is 16.6 Å². The highest BCUT2D eigenvalue weighted by Crippen LogP contribution is 2.35. The molecule has 8 nitrogen and oxygen atoms in total. The van der Waals surface area contributed by atoms with E-state index >= 15 is 0 Å². The van der Waals surface area contributed by atoms with Crippen molar-refractivity contribution in [2.45, 2.75) is 56.2 Å². The maximum absolute atomic E-state index is 13.8. The van der Waals surface area contributed by atoms with Gasteiger partial charge >= 0.3 is 0 Å². The summed E-state index contributed by atoms with van der Waals surface area (Å²) in [6.45, 7) is 6.22. The number of amides is 1. The van der Waals surface area contributed by atoms with E-state index in [4.69, 9.17) is 22.3 Å². The van der Waals surface area contributed by atoms with Crippen LogP contribution in [0.5, 0.6) is 0 Å². The zero-order valence-corrected chi connectivity index (χ0v) is 27.4. The van der Waals surface area contributed by atoms with Crippen molar-refractivity contribution in [1.82, 2.24) is 19.9 Å². The third kappa shape index (κ3) is 7.37. The minimum absolute atomic E-state index is 0.131. The van der Waals surface area contributed by atoms with Crippen molar-refractivity contribution in [3.05, 3.63) is 112 Å². The van der Waals surface area contributed by atoms with E-state index in [1.54, 1.807) is 30.2 Å². The minimum atomic E-state index is -0.401. The molecule has 10 heteroatoms. The molecular formula is C35H37ClN6O2S. The van der Waals surface area contributed by atoms with Crippen LogP contribution in [0.15, 0.2) is 99.8 Å². The number of nitrogens with two attached hydrogens (primary N) is 1. The Kier molecular flexibility index (Phi) is 10.2. The van der Waals surface area contributed by atoms with Gasteiger partial charge in [-0.05, 0) is 60.4 Å². The van der Waals surface area contributed by atoms with Crippen LogP contribution in [0.3, 0.4) is 0 Å². The van der Waals surface area contributed by atoms with Crippen LogP contribution in [0.1, 0.15) is 57.3 Å². The molecule has 1 amide bonds. The third-order valence-electron chi connectivity index (χ3n) is 7.83. The van der Waals surface area contributed by atoms with Crippen LogP contribution in [0.2, 0.25) is 5.02 Å². The highest BCUT2D eigenvalue weighted by Gasteiger charge is 2.24. The largest absolute Gasteiger partial charge is 0.403 e. The topological polar surface area (TPSA) is 115 Å². The van der Waals surface area contributed by atoms with Crippen molar-refractivity contribution in [2.75, 3.05) is 7.05 Å². The number of rotatable bonds is 5. The van der Waals surface area contributed by atoms with Gasteiger partial charge in [-0.1, -0.05) is 57.0 Å². The lowest BCUT2D eigenvalue weighted by Gasteiger charge is -2.23. The Morgan fingerprint density at radius 1 is 1.02 bits per heavy atom. The number of hydrogen-bond donors (Lipinski definition) is 2. The van der Waals surface area contributed by atoms with E-state index in [-0.39, 0.29) is 17.4 Å². The third-order valence-corrected chi connectivity index (χ3v) is 9.08. The van der Waals surface area contributed by atoms with Gasteiger partial charge in [-0.15, -0.1) is 11.8 Å². The summed E-state index contributed by atoms with van der Waals surface area (Å²) in [5, 5.41) is 3.97. The summed E-state index contributed by atoms with van der Waals surface area (Å²) in [4.78, 5) is 41.8. The first kappa shape index (κ1) is 32.2. The molecule has 2 atom stereocenters. The summed E-state index contributed by atoms with van der Waals surface area (Å²) in [5.74, 6) is -0.394. The van der Waals surface area contributed by atoms with Gasteiger partial charge in [0.05, 0.1) is 35.2 Å². The first-order valence-corrected chi connectivity index (χ1v) is 16.3. The monoisotopic (exact) mass is 640 g/mol. The molecule has 232 valence electrons. The second-order valence-electron chi connectivity index (χ2n) is 11.4. The number of carbonyl (C=O) groups excluding carboxylic acids is 1. The van der Waals surface area contributed by atoms with Crippen LogP contribution in [0.4, 0.5) is 0 Å². The Balaban J connectivity index is 1.55. The molecule has 2 aromatic carbocycles. The molecule has 0 saturated heterocycles. The first-order chi connectivity index (χ1) is 21.7. The molecule has 2 unspecified atom stereocenters. The summed E-state index contributed by atoms with van der Waals surface area (Å²) in [6, 6.07) is 18.9. The number of aromatic nitrogens is 3. The highest BCUT2D eigenvalue weighted by molar-refractivity contribution is 7.99. The molecule has 4 aromatic rings. The fourth-order valence-corrected chi connectivity index (χ4v) is 6.56. The second kappa shape index (κ2) is 14.3. The van der Waals surface area contributed by atoms with E-state index in [9.17, 15) is 9.59 Å². The normalized spacial score (nSPS) is 19.3. The summed E-state index contributed by atoms with van der Waals surface area (Å²) in [5.41, 5.74) is 11.4. The summed E-state index contributed by atoms with van der Waals surface area (Å²) in [7, 11) is 1.65. The molecule has 0 spiro atoms. The lowest BCUT2D eigenvalue weighted by molar-refractivity contribution is -0.123. The number of aliphatic imine (C=N–C) groups is 1. The van der Waals surface area contributed by atoms with Gasteiger partial charge in [-0.2, -0.15) is 0 Å². The van der Waals surface area contributed by atoms with E-state index in [1.165, 1.54) is 11.1 Å². The molecule has 0 saturated carbocycles. The first-order valence-electron chi connectivity index (χ1n) is 15.0. The smallest absolute Gasteiger partial charge is 0.254 e. The SMILES string of the molecule is CN=C1C(=CN)NC(=O)C(C)CCCC(n2cnc(-c3cc(Cl)ccc3-c3ccc(SC(C)C)cc3)cc2=O)c2cc1ccn2. The number of hydrogen-bond acceptors (Lipinski definition) is 7. The number of thioether (sulfide) groups is 1. The quantitative estimate of drug-likeness (QED) is 0.230. The molecule has 45 heavy (non-hydrogen) atoms. The number of carbonyl (C=O) groups is 1. The zero-order chi connectivity index (χ0) is 32.1. The van der Waals surface area contributed by atoms with Crippen molar-refractivity contribution in [3.63, 3.8) is 0 Å². The van der Waals surface area contributed by atoms with E-state index in [1.807, 2.05) is 49.0 Å². The number of halogens is 1. The number of benzene rings is 2. The van der Waals surface area contributed by atoms with Gasteiger partial charge in [0.25, 0.3) is 5.56 Å². The Hall–Kier alpha value is -4.21. The van der Waals surface area contributed by atoms with Crippen molar-refractivity contribution in [3.8, 4) is 22.4 Å². The fourth-order valence-electron chi connectivity index (χ4n) is 5.55. The van der Waals surface area contributed by atoms with E-state index in [0.29, 0.717) is 52.3 Å². The van der Waals surface area contributed by atoms with Crippen LogP contribution in [-0.4, -0.2) is 38.5 Å². The molecule has 5 rings (SSSR count). The standard InChI is InChI=1S/C35H37ClN6O2S/c1-21(2)45-26-11-8-23(9-12-26)27-13-10-25(36)17-28(27)29-18-33(43)42(20-40-29)32-7-5-6-22(3)35(44)41-31(19-37)34(38-4)24-14-15-39-30(32)16-24/h8-22,32H,5-7,37H2,1-4H3,(H,41,44). The van der Waals surface area contributed by atoms with Gasteiger partial charge in [0.2, 0.25) is 5.91 Å². The molecular weight excluding hydrogens is 604 g/mol. The van der Waals surface area contributed by atoms with Crippen LogP contribution in [0, 0.1) is 5.92 Å². The molecule has 3 heterocycles. The maximum atomic E-state index is 13.8. The minimum Gasteiger partial charge on any atom is -0.403 e. The van der Waals surface area contributed by atoms with Gasteiger partial charge in [0, 0.05) is 57.7 Å². The Labute approximate surface area is 272 Å². The molecule has 1 aliphatic heterocycles. The summed E-state index contributed by atoms with van der Waals surface area (Å²) in [6.07, 6.45) is 6.54. The van der Waals surface area contributed by atoms with Crippen LogP contribution in [-0.2, 0) is 4.79 Å². The molecule has 2 aromatic heterocycles. The number of pyridine rings is 1. The molecule has 0 radical (unpaired) electrons. The Bertz CT molecular complexity index is 1820. The highest BCUT2D eigenvalue weighted by atomic mass is 35.5. The zero-order valence-electron chi connectivity index (χ0n) is 25.8. The van der Waals surface area contributed by atoms with Gasteiger partial charge in [-0.25, -0.2) is 4.98 Å². The molecule has 3 N–H and O–H groups in total. The second-order valence-corrected chi connectivity index (χ2v) is 13.4. The Morgan fingerprint density at radius 2 is 1.80 bits per heavy atom. The Morgan fingerprint density at radius 3 is 2.49 bits per heavy atom. The predicted octanol–water partition coefficient (Wildman–Crippen LogP) is 6.87. The molecule has 1 aliphatic rings. The molecule has 0 fully saturated rings. The molecule has 0 aliphatic carbocycles. The lowest BCUT2D eigenvalue weighted by Crippen LogP contribution is -2.33. The van der Waals surface area contributed by atoms with E-state index < -0.39 is 6.04 Å². The van der Waals surface area contributed by atoms with Gasteiger partial charge < -0.3 is 11.1 Å². The average molecular weight is 641 g/mol. The van der Waals surface area contributed by atoms with Crippen LogP contribution in [0.25, 0.3) is 22.4 Å². The molecule has 2 bridgehead atoms. The van der Waals surface area contributed by atoms with Crippen molar-refractivity contribution in [2.24, 2.45) is 16.6 Å². The lowest BCUT2D eigenvalue weighted by atomic mass is 9.96. The van der Waals surface area contributed by atoms with Gasteiger partial charge in [0.15, 0.2) is 0 Å². The summed E-state index contributed by atoms with van der Waals surface area (Å²) < 4.78 is 1.62. The predicted molar refractivity (Wildman–Crippen MR) is 184 cm³/mol. The summed E-state index contributed by atoms with van der Waals surface area (Å²) >= 11 is 8.26. The number of nitrogens with one attached hydrogen (secondary N) is 1. The number of allylic oxidation sites excluding steroid dienone is 1. The van der Waals surface area contributed by atoms with Gasteiger partial charge in [0.1, 0.15) is 0 Å². The van der Waals surface area contributed by atoms with E-state index in [0.717, 1.165) is 22.3 Å². The number of fused-ring (bicyclic) bond motifs is 2. The van der Waals surface area contributed by atoms with Crippen LogP contribution >= 0.6 is 23.4 Å². The van der Waals surface area contributed by atoms with Crippen molar-refractivity contribution < 1.29 is 4.79 Å². The van der Waals surface area contributed by atoms with E-state index in [2.05, 4.69) is 53.4 Å². The van der Waals surface area contributed by atoms with Crippen molar-refractivity contribution in [1.29, 1.82) is 0 Å².